The van der Waals surface area contributed by atoms with Gasteiger partial charge < -0.3 is 10.2 Å². The second-order valence-corrected chi connectivity index (χ2v) is 10.7. The fourth-order valence-corrected chi connectivity index (χ4v) is 6.19. The number of carboxylic acids is 1. The number of aliphatic carboxylic acids is 1. The van der Waals surface area contributed by atoms with Gasteiger partial charge in [0.1, 0.15) is 5.78 Å². The molecule has 4 nitrogen and oxygen atoms in total. The van der Waals surface area contributed by atoms with Gasteiger partial charge in [-0.05, 0) is 60.4 Å². The SMILES string of the molecule is O=C(O)CSCCC(S)/C(=C\[C@H]1CCC(=O)C1)C(O)CCc1cc2ccccc2s1. The van der Waals surface area contributed by atoms with Crippen molar-refractivity contribution in [1.82, 2.24) is 0 Å². The standard InChI is InChI=1S/C23H28O4S3/c24-17-6-5-15(11-17)12-19(21(28)9-10-29-14-23(26)27)20(25)8-7-18-13-16-3-1-2-4-22(16)30-18/h1-4,12-13,15,20-21,25,28H,5-11,14H2,(H,26,27)/b19-12-/t15-,20?,21?/m0/s1. The molecule has 2 aromatic rings. The van der Waals surface area contributed by atoms with Gasteiger partial charge in [-0.25, -0.2) is 0 Å². The number of fused-ring (bicyclic) bond motifs is 1. The number of carbonyl (C=O) groups excluding carboxylic acids is 1. The molecule has 3 atom stereocenters. The number of aryl methyl sites for hydroxylation is 1. The summed E-state index contributed by atoms with van der Waals surface area (Å²) < 4.78 is 1.25. The Hall–Kier alpha value is -1.28. The fraction of sp³-hybridized carbons (Fsp3) is 0.478. The molecule has 1 aromatic carbocycles. The second kappa shape index (κ2) is 11.4. The maximum Gasteiger partial charge on any atom is 0.313 e. The number of thiophene rings is 1. The summed E-state index contributed by atoms with van der Waals surface area (Å²) in [5, 5.41) is 20.9. The maximum atomic E-state index is 11.7. The minimum absolute atomic E-state index is 0.0746. The first-order valence-corrected chi connectivity index (χ1v) is 12.8. The number of hydrogen-bond donors (Lipinski definition) is 3. The zero-order chi connectivity index (χ0) is 21.5. The smallest absolute Gasteiger partial charge is 0.313 e. The Bertz CT molecular complexity index is 872. The van der Waals surface area contributed by atoms with Crippen LogP contribution in [0.2, 0.25) is 0 Å². The molecule has 7 heteroatoms. The molecule has 0 amide bonds. The zero-order valence-electron chi connectivity index (χ0n) is 16.8. The third kappa shape index (κ3) is 6.87. The van der Waals surface area contributed by atoms with E-state index in [2.05, 4.69) is 24.3 Å². The van der Waals surface area contributed by atoms with Gasteiger partial charge in [0, 0.05) is 27.7 Å². The summed E-state index contributed by atoms with van der Waals surface area (Å²) in [5.74, 6) is 0.380. The summed E-state index contributed by atoms with van der Waals surface area (Å²) in [6.07, 6.45) is 5.53. The molecule has 0 radical (unpaired) electrons. The first-order valence-electron chi connectivity index (χ1n) is 10.3. The molecule has 1 aliphatic rings. The summed E-state index contributed by atoms with van der Waals surface area (Å²) in [6, 6.07) is 10.5. The van der Waals surface area contributed by atoms with Crippen LogP contribution in [0, 0.1) is 5.92 Å². The maximum absolute atomic E-state index is 11.7. The minimum Gasteiger partial charge on any atom is -0.481 e. The van der Waals surface area contributed by atoms with Gasteiger partial charge in [0.15, 0.2) is 0 Å². The van der Waals surface area contributed by atoms with Gasteiger partial charge in [0.2, 0.25) is 0 Å². The van der Waals surface area contributed by atoms with Crippen LogP contribution in [0.5, 0.6) is 0 Å². The number of hydrogen-bond acceptors (Lipinski definition) is 6. The third-order valence-corrected chi connectivity index (χ3v) is 8.09. The Morgan fingerprint density at radius 2 is 2.13 bits per heavy atom. The van der Waals surface area contributed by atoms with E-state index in [0.29, 0.717) is 31.4 Å². The molecule has 0 saturated heterocycles. The number of allylic oxidation sites excluding steroid dienone is 1. The Kier molecular flexibility index (Phi) is 8.86. The topological polar surface area (TPSA) is 74.6 Å². The molecular weight excluding hydrogens is 436 g/mol. The summed E-state index contributed by atoms with van der Waals surface area (Å²) in [6.45, 7) is 0. The lowest BCUT2D eigenvalue weighted by Gasteiger charge is -2.22. The number of carbonyl (C=O) groups is 2. The van der Waals surface area contributed by atoms with Crippen LogP contribution in [-0.2, 0) is 16.0 Å². The molecule has 1 saturated carbocycles. The van der Waals surface area contributed by atoms with E-state index >= 15 is 0 Å². The van der Waals surface area contributed by atoms with Gasteiger partial charge in [0.05, 0.1) is 11.9 Å². The van der Waals surface area contributed by atoms with E-state index in [-0.39, 0.29) is 22.7 Å². The molecule has 0 aliphatic heterocycles. The first-order chi connectivity index (χ1) is 14.4. The molecule has 1 fully saturated rings. The van der Waals surface area contributed by atoms with Crippen LogP contribution in [0.25, 0.3) is 10.1 Å². The number of Topliss-reactive ketones (excluding diaryl/α,β-unsaturated/α-hetero) is 1. The van der Waals surface area contributed by atoms with Crippen molar-refractivity contribution in [3.8, 4) is 0 Å². The predicted octanol–water partition coefficient (Wildman–Crippen LogP) is 5.00. The second-order valence-electron chi connectivity index (χ2n) is 7.76. The molecule has 2 N–H and O–H groups in total. The highest BCUT2D eigenvalue weighted by Gasteiger charge is 2.25. The van der Waals surface area contributed by atoms with E-state index in [4.69, 9.17) is 17.7 Å². The van der Waals surface area contributed by atoms with Crippen LogP contribution in [0.3, 0.4) is 0 Å². The lowest BCUT2D eigenvalue weighted by atomic mass is 9.94. The highest BCUT2D eigenvalue weighted by molar-refractivity contribution is 7.99. The number of ketones is 1. The van der Waals surface area contributed by atoms with E-state index in [0.717, 1.165) is 18.4 Å². The Morgan fingerprint density at radius 1 is 1.33 bits per heavy atom. The van der Waals surface area contributed by atoms with Crippen molar-refractivity contribution in [3.05, 3.63) is 46.9 Å². The van der Waals surface area contributed by atoms with Crippen LogP contribution in [0.15, 0.2) is 42.0 Å². The van der Waals surface area contributed by atoms with E-state index in [1.807, 2.05) is 12.1 Å². The van der Waals surface area contributed by atoms with Crippen molar-refractivity contribution in [2.45, 2.75) is 49.9 Å². The van der Waals surface area contributed by atoms with E-state index < -0.39 is 12.1 Å². The highest BCUT2D eigenvalue weighted by Crippen LogP contribution is 2.31. The quantitative estimate of drug-likeness (QED) is 0.248. The number of benzene rings is 1. The average Bonchev–Trinajstić information content (AvgIpc) is 3.32. The van der Waals surface area contributed by atoms with Gasteiger partial charge >= 0.3 is 5.97 Å². The van der Waals surface area contributed by atoms with Crippen LogP contribution in [0.1, 0.15) is 37.0 Å². The number of aliphatic hydroxyl groups excluding tert-OH is 1. The molecular formula is C23H28O4S3. The number of thiol groups is 1. The molecule has 0 spiro atoms. The summed E-state index contributed by atoms with van der Waals surface area (Å²) in [7, 11) is 0. The normalized spacial score (nSPS) is 19.3. The Balaban J connectivity index is 1.63. The molecule has 1 aliphatic carbocycles. The molecule has 1 heterocycles. The van der Waals surface area contributed by atoms with Crippen molar-refractivity contribution in [3.63, 3.8) is 0 Å². The lowest BCUT2D eigenvalue weighted by Crippen LogP contribution is -2.21. The number of thioether (sulfide) groups is 1. The monoisotopic (exact) mass is 464 g/mol. The van der Waals surface area contributed by atoms with Gasteiger partial charge in [-0.2, -0.15) is 24.4 Å². The molecule has 2 unspecified atom stereocenters. The third-order valence-electron chi connectivity index (χ3n) is 5.38. The molecule has 1 aromatic heterocycles. The summed E-state index contributed by atoms with van der Waals surface area (Å²) >= 11 is 7.86. The largest absolute Gasteiger partial charge is 0.481 e. The Morgan fingerprint density at radius 3 is 2.83 bits per heavy atom. The molecule has 0 bridgehead atoms. The van der Waals surface area contributed by atoms with E-state index in [1.165, 1.54) is 26.7 Å². The first kappa shape index (κ1) is 23.4. The van der Waals surface area contributed by atoms with Crippen molar-refractivity contribution < 1.29 is 19.8 Å². The number of aliphatic hydroxyl groups is 1. The van der Waals surface area contributed by atoms with Crippen LogP contribution >= 0.6 is 35.7 Å². The zero-order valence-corrected chi connectivity index (χ0v) is 19.4. The summed E-state index contributed by atoms with van der Waals surface area (Å²) in [5.41, 5.74) is 0.884. The molecule has 162 valence electrons. The lowest BCUT2D eigenvalue weighted by molar-refractivity contribution is -0.133. The number of rotatable bonds is 11. The van der Waals surface area contributed by atoms with Crippen molar-refractivity contribution in [1.29, 1.82) is 0 Å². The average molecular weight is 465 g/mol. The Labute approximate surface area is 191 Å². The fourth-order valence-electron chi connectivity index (χ4n) is 3.83. The van der Waals surface area contributed by atoms with Gasteiger partial charge in [-0.15, -0.1) is 11.3 Å². The van der Waals surface area contributed by atoms with E-state index in [1.54, 1.807) is 11.3 Å². The van der Waals surface area contributed by atoms with Crippen molar-refractivity contribution in [2.75, 3.05) is 11.5 Å². The summed E-state index contributed by atoms with van der Waals surface area (Å²) in [4.78, 5) is 23.6. The molecule has 3 rings (SSSR count). The van der Waals surface area contributed by atoms with Gasteiger partial charge in [-0.1, -0.05) is 24.3 Å². The van der Waals surface area contributed by atoms with Crippen LogP contribution in [-0.4, -0.2) is 44.8 Å². The minimum atomic E-state index is -0.820. The van der Waals surface area contributed by atoms with Gasteiger partial charge in [-0.3, -0.25) is 9.59 Å². The van der Waals surface area contributed by atoms with Crippen molar-refractivity contribution in [2.24, 2.45) is 5.92 Å². The predicted molar refractivity (Wildman–Crippen MR) is 129 cm³/mol. The number of carboxylic acid groups (broad SMARTS) is 1. The van der Waals surface area contributed by atoms with E-state index in [9.17, 15) is 14.7 Å². The van der Waals surface area contributed by atoms with Crippen LogP contribution in [0.4, 0.5) is 0 Å². The van der Waals surface area contributed by atoms with Gasteiger partial charge in [0.25, 0.3) is 0 Å². The van der Waals surface area contributed by atoms with Crippen LogP contribution < -0.4 is 0 Å². The van der Waals surface area contributed by atoms with Crippen molar-refractivity contribution >= 4 is 57.6 Å². The highest BCUT2D eigenvalue weighted by atomic mass is 32.2. The molecule has 30 heavy (non-hydrogen) atoms.